The van der Waals surface area contributed by atoms with Crippen LogP contribution in [0.5, 0.6) is 5.75 Å². The number of anilines is 1. The monoisotopic (exact) mass is 407 g/mol. The van der Waals surface area contributed by atoms with Crippen molar-refractivity contribution in [3.63, 3.8) is 0 Å². The van der Waals surface area contributed by atoms with Crippen molar-refractivity contribution in [3.8, 4) is 5.75 Å². The molecule has 4 rings (SSSR count). The molecule has 3 aromatic rings. The minimum atomic E-state index is -0.558. The molecule has 0 saturated heterocycles. The topological polar surface area (TPSA) is 103 Å². The van der Waals surface area contributed by atoms with E-state index in [0.717, 1.165) is 46.8 Å². The number of ether oxygens (including phenoxy) is 1. The quantitative estimate of drug-likeness (QED) is 0.699. The molecule has 0 saturated carbocycles. The van der Waals surface area contributed by atoms with Gasteiger partial charge in [0.1, 0.15) is 11.3 Å². The summed E-state index contributed by atoms with van der Waals surface area (Å²) >= 11 is 0. The number of carbonyl (C=O) groups is 2. The van der Waals surface area contributed by atoms with Crippen LogP contribution in [0.25, 0.3) is 5.65 Å². The first-order chi connectivity index (χ1) is 14.4. The Morgan fingerprint density at radius 2 is 2.07 bits per heavy atom. The molecule has 0 bridgehead atoms. The Hall–Kier alpha value is -3.42. The van der Waals surface area contributed by atoms with Crippen LogP contribution in [0.2, 0.25) is 0 Å². The minimum absolute atomic E-state index is 0.0534. The highest BCUT2D eigenvalue weighted by molar-refractivity contribution is 5.98. The van der Waals surface area contributed by atoms with Crippen molar-refractivity contribution in [1.29, 1.82) is 0 Å². The normalized spacial score (nSPS) is 13.4. The van der Waals surface area contributed by atoms with Crippen LogP contribution in [-0.4, -0.2) is 40.1 Å². The molecular formula is C22H25N5O3. The summed E-state index contributed by atoms with van der Waals surface area (Å²) in [7, 11) is 1.63. The fourth-order valence-electron chi connectivity index (χ4n) is 4.24. The zero-order valence-electron chi connectivity index (χ0n) is 17.4. The van der Waals surface area contributed by atoms with Gasteiger partial charge in [-0.1, -0.05) is 12.1 Å². The van der Waals surface area contributed by atoms with Gasteiger partial charge in [-0.3, -0.25) is 9.59 Å². The molecule has 2 amide bonds. The molecule has 2 N–H and O–H groups in total. The van der Waals surface area contributed by atoms with Crippen LogP contribution in [-0.2, 0) is 17.6 Å². The number of fused-ring (bicyclic) bond motifs is 2. The summed E-state index contributed by atoms with van der Waals surface area (Å²) in [6, 6.07) is 5.91. The number of rotatable bonds is 5. The maximum absolute atomic E-state index is 13.1. The lowest BCUT2D eigenvalue weighted by Crippen LogP contribution is -2.36. The van der Waals surface area contributed by atoms with Gasteiger partial charge in [0.05, 0.1) is 19.0 Å². The smallest absolute Gasteiger partial charge is 0.254 e. The second-order valence-electron chi connectivity index (χ2n) is 7.54. The van der Waals surface area contributed by atoms with Crippen LogP contribution in [0.15, 0.2) is 24.4 Å². The standard InChI is InChI=1S/C22H25N5O3/c1-13-16(14(2)27-22(25-13)17(12-24-27)21(23)29)9-10-19(28)26-11-5-7-15-6-4-8-18(30-3)20(15)26/h4,6,8,12H,5,7,9-11H2,1-3H3,(H2,23,29). The van der Waals surface area contributed by atoms with Gasteiger partial charge in [0.2, 0.25) is 5.91 Å². The number of nitrogens with zero attached hydrogens (tertiary/aromatic N) is 4. The number of methoxy groups -OCH3 is 1. The van der Waals surface area contributed by atoms with Crippen molar-refractivity contribution < 1.29 is 14.3 Å². The first-order valence-electron chi connectivity index (χ1n) is 10.0. The Morgan fingerprint density at radius 1 is 1.27 bits per heavy atom. The third-order valence-electron chi connectivity index (χ3n) is 5.76. The number of benzene rings is 1. The first-order valence-corrected chi connectivity index (χ1v) is 10.0. The largest absolute Gasteiger partial charge is 0.495 e. The van der Waals surface area contributed by atoms with Crippen molar-refractivity contribution in [2.75, 3.05) is 18.6 Å². The molecule has 2 aromatic heterocycles. The molecule has 0 radical (unpaired) electrons. The zero-order chi connectivity index (χ0) is 21.4. The Morgan fingerprint density at radius 3 is 2.80 bits per heavy atom. The summed E-state index contributed by atoms with van der Waals surface area (Å²) in [5.41, 5.74) is 10.8. The van der Waals surface area contributed by atoms with E-state index < -0.39 is 5.91 Å². The SMILES string of the molecule is COc1cccc2c1N(C(=O)CCc1c(C)nc3c(C(N)=O)cnn3c1C)CCC2. The van der Waals surface area contributed by atoms with Crippen LogP contribution in [0, 0.1) is 13.8 Å². The highest BCUT2D eigenvalue weighted by Crippen LogP contribution is 2.36. The summed E-state index contributed by atoms with van der Waals surface area (Å²) in [5.74, 6) is 0.223. The number of para-hydroxylation sites is 1. The molecule has 1 aliphatic heterocycles. The van der Waals surface area contributed by atoms with Crippen molar-refractivity contribution in [3.05, 3.63) is 52.5 Å². The summed E-state index contributed by atoms with van der Waals surface area (Å²) in [6.45, 7) is 4.48. The Balaban J connectivity index is 1.60. The third kappa shape index (κ3) is 3.28. The lowest BCUT2D eigenvalue weighted by atomic mass is 9.99. The number of hydrogen-bond donors (Lipinski definition) is 1. The Kier molecular flexibility index (Phi) is 5.15. The van der Waals surface area contributed by atoms with E-state index in [0.29, 0.717) is 30.6 Å². The van der Waals surface area contributed by atoms with Crippen molar-refractivity contribution >= 4 is 23.1 Å². The second kappa shape index (κ2) is 7.78. The molecular weight excluding hydrogens is 382 g/mol. The molecule has 3 heterocycles. The fourth-order valence-corrected chi connectivity index (χ4v) is 4.24. The predicted octanol–water partition coefficient (Wildman–Crippen LogP) is 2.37. The first kappa shape index (κ1) is 19.9. The van der Waals surface area contributed by atoms with Gasteiger partial charge in [0.15, 0.2) is 5.65 Å². The van der Waals surface area contributed by atoms with Gasteiger partial charge in [0, 0.05) is 24.4 Å². The van der Waals surface area contributed by atoms with Gasteiger partial charge in [-0.15, -0.1) is 0 Å². The van der Waals surface area contributed by atoms with E-state index in [1.54, 1.807) is 11.6 Å². The molecule has 1 aromatic carbocycles. The molecule has 0 aliphatic carbocycles. The van der Waals surface area contributed by atoms with E-state index in [9.17, 15) is 9.59 Å². The summed E-state index contributed by atoms with van der Waals surface area (Å²) < 4.78 is 7.13. The van der Waals surface area contributed by atoms with Gasteiger partial charge in [0.25, 0.3) is 5.91 Å². The lowest BCUT2D eigenvalue weighted by molar-refractivity contribution is -0.118. The van der Waals surface area contributed by atoms with Crippen LogP contribution >= 0.6 is 0 Å². The van der Waals surface area contributed by atoms with E-state index in [1.807, 2.05) is 30.9 Å². The number of amides is 2. The maximum atomic E-state index is 13.1. The average Bonchev–Trinajstić information content (AvgIpc) is 3.16. The molecule has 0 spiro atoms. The molecule has 0 fully saturated rings. The molecule has 1 aliphatic rings. The molecule has 0 unspecified atom stereocenters. The van der Waals surface area contributed by atoms with Crippen molar-refractivity contribution in [1.82, 2.24) is 14.6 Å². The molecule has 0 atom stereocenters. The minimum Gasteiger partial charge on any atom is -0.495 e. The van der Waals surface area contributed by atoms with E-state index >= 15 is 0 Å². The summed E-state index contributed by atoms with van der Waals surface area (Å²) in [5, 5.41) is 4.25. The number of aryl methyl sites for hydroxylation is 3. The van der Waals surface area contributed by atoms with Crippen molar-refractivity contribution in [2.24, 2.45) is 5.73 Å². The van der Waals surface area contributed by atoms with Gasteiger partial charge in [-0.2, -0.15) is 5.10 Å². The van der Waals surface area contributed by atoms with Crippen LogP contribution in [0.1, 0.15) is 45.7 Å². The molecule has 156 valence electrons. The van der Waals surface area contributed by atoms with E-state index in [-0.39, 0.29) is 5.91 Å². The number of aromatic nitrogens is 3. The van der Waals surface area contributed by atoms with Crippen LogP contribution in [0.4, 0.5) is 5.69 Å². The predicted molar refractivity (Wildman–Crippen MR) is 113 cm³/mol. The van der Waals surface area contributed by atoms with Crippen molar-refractivity contribution in [2.45, 2.75) is 39.5 Å². The second-order valence-corrected chi connectivity index (χ2v) is 7.54. The van der Waals surface area contributed by atoms with Crippen LogP contribution < -0.4 is 15.4 Å². The number of carbonyl (C=O) groups excluding carboxylic acids is 2. The number of primary amides is 1. The van der Waals surface area contributed by atoms with Gasteiger partial charge < -0.3 is 15.4 Å². The Bertz CT molecular complexity index is 1140. The molecule has 8 nitrogen and oxygen atoms in total. The highest BCUT2D eigenvalue weighted by atomic mass is 16.5. The van der Waals surface area contributed by atoms with Gasteiger partial charge >= 0.3 is 0 Å². The lowest BCUT2D eigenvalue weighted by Gasteiger charge is -2.31. The zero-order valence-corrected chi connectivity index (χ0v) is 17.4. The fraction of sp³-hybridized carbons (Fsp3) is 0.364. The van der Waals surface area contributed by atoms with Gasteiger partial charge in [-0.05, 0) is 50.3 Å². The molecule has 8 heteroatoms. The molecule has 30 heavy (non-hydrogen) atoms. The number of hydrogen-bond acceptors (Lipinski definition) is 5. The van der Waals surface area contributed by atoms with Gasteiger partial charge in [-0.25, -0.2) is 9.50 Å². The summed E-state index contributed by atoms with van der Waals surface area (Å²) in [4.78, 5) is 31.1. The maximum Gasteiger partial charge on any atom is 0.254 e. The third-order valence-corrected chi connectivity index (χ3v) is 5.76. The van der Waals surface area contributed by atoms with E-state index in [4.69, 9.17) is 10.5 Å². The number of nitrogens with two attached hydrogens (primary N) is 1. The Labute approximate surface area is 174 Å². The average molecular weight is 407 g/mol. The van der Waals surface area contributed by atoms with E-state index in [1.165, 1.54) is 6.20 Å². The van der Waals surface area contributed by atoms with Crippen LogP contribution in [0.3, 0.4) is 0 Å². The van der Waals surface area contributed by atoms with E-state index in [2.05, 4.69) is 16.1 Å². The summed E-state index contributed by atoms with van der Waals surface area (Å²) in [6.07, 6.45) is 4.18. The highest BCUT2D eigenvalue weighted by Gasteiger charge is 2.26.